The summed E-state index contributed by atoms with van der Waals surface area (Å²) in [6.07, 6.45) is 2.72. The van der Waals surface area contributed by atoms with Crippen LogP contribution in [0.15, 0.2) is 18.2 Å². The van der Waals surface area contributed by atoms with E-state index in [9.17, 15) is 15.2 Å². The fourth-order valence-corrected chi connectivity index (χ4v) is 2.59. The number of aliphatic hydroxyl groups is 1. The third kappa shape index (κ3) is 1.50. The number of nitrogens with zero attached hydrogens (tertiary/aromatic N) is 1. The van der Waals surface area contributed by atoms with Crippen molar-refractivity contribution < 1.29 is 10.0 Å². The molecule has 0 radical (unpaired) electrons. The van der Waals surface area contributed by atoms with E-state index in [4.69, 9.17) is 0 Å². The van der Waals surface area contributed by atoms with Gasteiger partial charge in [-0.2, -0.15) is 0 Å². The highest BCUT2D eigenvalue weighted by molar-refractivity contribution is 5.51. The number of hydrogen-bond donors (Lipinski definition) is 1. The molecule has 1 fully saturated rings. The van der Waals surface area contributed by atoms with Crippen molar-refractivity contribution in [3.8, 4) is 0 Å². The average Bonchev–Trinajstić information content (AvgIpc) is 2.19. The van der Waals surface area contributed by atoms with E-state index in [0.29, 0.717) is 0 Å². The standard InChI is InChI=1S/C12H15NO3/c1-9-4-2-5-10(13(15)16)11(9)12(8-14)6-3-7-12/h2,4-5,14H,3,6-8H2,1H3. The van der Waals surface area contributed by atoms with Crippen molar-refractivity contribution in [2.45, 2.75) is 31.6 Å². The van der Waals surface area contributed by atoms with Gasteiger partial charge in [-0.25, -0.2) is 0 Å². The summed E-state index contributed by atoms with van der Waals surface area (Å²) in [5.41, 5.74) is 1.42. The van der Waals surface area contributed by atoms with E-state index < -0.39 is 0 Å². The Morgan fingerprint density at radius 3 is 2.62 bits per heavy atom. The number of nitro groups is 1. The third-order valence-corrected chi connectivity index (χ3v) is 3.59. The average molecular weight is 221 g/mol. The van der Waals surface area contributed by atoms with Gasteiger partial charge >= 0.3 is 0 Å². The lowest BCUT2D eigenvalue weighted by molar-refractivity contribution is -0.386. The minimum Gasteiger partial charge on any atom is -0.395 e. The number of aliphatic hydroxyl groups excluding tert-OH is 1. The summed E-state index contributed by atoms with van der Waals surface area (Å²) >= 11 is 0. The summed E-state index contributed by atoms with van der Waals surface area (Å²) in [6, 6.07) is 5.09. The predicted octanol–water partition coefficient (Wildman–Crippen LogP) is 2.32. The Hall–Kier alpha value is -1.42. The van der Waals surface area contributed by atoms with Crippen LogP contribution in [0.4, 0.5) is 5.69 Å². The molecule has 1 aromatic rings. The van der Waals surface area contributed by atoms with Crippen LogP contribution < -0.4 is 0 Å². The second kappa shape index (κ2) is 3.87. The molecule has 2 rings (SSSR count). The molecule has 86 valence electrons. The Labute approximate surface area is 94.1 Å². The first kappa shape index (κ1) is 11.1. The second-order valence-corrected chi connectivity index (χ2v) is 4.52. The van der Waals surface area contributed by atoms with Crippen LogP contribution in [0.3, 0.4) is 0 Å². The molecular formula is C12H15NO3. The van der Waals surface area contributed by atoms with Gasteiger partial charge in [0.25, 0.3) is 5.69 Å². The van der Waals surface area contributed by atoms with Gasteiger partial charge in [0.1, 0.15) is 0 Å². The van der Waals surface area contributed by atoms with Gasteiger partial charge in [0.15, 0.2) is 0 Å². The zero-order valence-corrected chi connectivity index (χ0v) is 9.27. The van der Waals surface area contributed by atoms with Crippen molar-refractivity contribution in [1.29, 1.82) is 0 Å². The van der Waals surface area contributed by atoms with E-state index in [-0.39, 0.29) is 22.6 Å². The van der Waals surface area contributed by atoms with Crippen LogP contribution in [-0.4, -0.2) is 16.6 Å². The quantitative estimate of drug-likeness (QED) is 0.629. The van der Waals surface area contributed by atoms with Gasteiger partial charge < -0.3 is 5.11 Å². The molecule has 1 saturated carbocycles. The molecule has 4 heteroatoms. The molecule has 0 aromatic heterocycles. The maximum Gasteiger partial charge on any atom is 0.273 e. The fraction of sp³-hybridized carbons (Fsp3) is 0.500. The van der Waals surface area contributed by atoms with Gasteiger partial charge in [0.05, 0.1) is 11.5 Å². The zero-order chi connectivity index (χ0) is 11.8. The maximum atomic E-state index is 11.0. The van der Waals surface area contributed by atoms with E-state index in [0.717, 1.165) is 30.4 Å². The Morgan fingerprint density at radius 2 is 2.19 bits per heavy atom. The first-order valence-electron chi connectivity index (χ1n) is 5.46. The van der Waals surface area contributed by atoms with Crippen molar-refractivity contribution in [3.05, 3.63) is 39.4 Å². The van der Waals surface area contributed by atoms with Gasteiger partial charge in [-0.3, -0.25) is 10.1 Å². The van der Waals surface area contributed by atoms with E-state index >= 15 is 0 Å². The highest BCUT2D eigenvalue weighted by Crippen LogP contribution is 2.47. The van der Waals surface area contributed by atoms with E-state index in [1.165, 1.54) is 6.07 Å². The second-order valence-electron chi connectivity index (χ2n) is 4.52. The molecule has 16 heavy (non-hydrogen) atoms. The van der Waals surface area contributed by atoms with Crippen molar-refractivity contribution in [3.63, 3.8) is 0 Å². The molecular weight excluding hydrogens is 206 g/mol. The largest absolute Gasteiger partial charge is 0.395 e. The zero-order valence-electron chi connectivity index (χ0n) is 9.27. The summed E-state index contributed by atoms with van der Waals surface area (Å²) < 4.78 is 0. The normalized spacial score (nSPS) is 17.9. The minimum absolute atomic E-state index is 0.00130. The van der Waals surface area contributed by atoms with E-state index in [2.05, 4.69) is 0 Å². The SMILES string of the molecule is Cc1cccc([N+](=O)[O-])c1C1(CO)CCC1. The van der Waals surface area contributed by atoms with Gasteiger partial charge in [0, 0.05) is 17.0 Å². The lowest BCUT2D eigenvalue weighted by Crippen LogP contribution is -2.39. The monoisotopic (exact) mass is 221 g/mol. The van der Waals surface area contributed by atoms with Gasteiger partial charge in [0.2, 0.25) is 0 Å². The minimum atomic E-state index is -0.367. The van der Waals surface area contributed by atoms with Crippen molar-refractivity contribution in [2.75, 3.05) is 6.61 Å². The molecule has 0 atom stereocenters. The lowest BCUT2D eigenvalue weighted by Gasteiger charge is -2.41. The van der Waals surface area contributed by atoms with Gasteiger partial charge in [-0.1, -0.05) is 18.6 Å². The van der Waals surface area contributed by atoms with Crippen LogP contribution in [0.2, 0.25) is 0 Å². The number of hydrogen-bond acceptors (Lipinski definition) is 3. The maximum absolute atomic E-state index is 11.0. The van der Waals surface area contributed by atoms with Crippen LogP contribution in [-0.2, 0) is 5.41 Å². The first-order chi connectivity index (χ1) is 7.60. The molecule has 0 amide bonds. The van der Waals surface area contributed by atoms with Crippen molar-refractivity contribution >= 4 is 5.69 Å². The van der Waals surface area contributed by atoms with Crippen molar-refractivity contribution in [1.82, 2.24) is 0 Å². The molecule has 0 bridgehead atoms. The molecule has 0 aliphatic heterocycles. The van der Waals surface area contributed by atoms with Crippen LogP contribution in [0, 0.1) is 17.0 Å². The summed E-state index contributed by atoms with van der Waals surface area (Å²) in [6.45, 7) is 1.87. The molecule has 0 unspecified atom stereocenters. The van der Waals surface area contributed by atoms with Gasteiger partial charge in [-0.05, 0) is 25.3 Å². The van der Waals surface area contributed by atoms with E-state index in [1.807, 2.05) is 13.0 Å². The van der Waals surface area contributed by atoms with Crippen LogP contribution in [0.25, 0.3) is 0 Å². The number of benzene rings is 1. The number of rotatable bonds is 3. The summed E-state index contributed by atoms with van der Waals surface area (Å²) in [5.74, 6) is 0. The molecule has 1 N–H and O–H groups in total. The molecule has 1 aromatic carbocycles. The Kier molecular flexibility index (Phi) is 2.68. The highest BCUT2D eigenvalue weighted by atomic mass is 16.6. The van der Waals surface area contributed by atoms with Crippen LogP contribution in [0.1, 0.15) is 30.4 Å². The van der Waals surface area contributed by atoms with Crippen molar-refractivity contribution in [2.24, 2.45) is 0 Å². The number of aryl methyl sites for hydroxylation is 1. The Morgan fingerprint density at radius 1 is 1.50 bits per heavy atom. The molecule has 4 nitrogen and oxygen atoms in total. The van der Waals surface area contributed by atoms with Crippen LogP contribution >= 0.6 is 0 Å². The smallest absolute Gasteiger partial charge is 0.273 e. The predicted molar refractivity (Wildman–Crippen MR) is 60.4 cm³/mol. The summed E-state index contributed by atoms with van der Waals surface area (Å²) in [7, 11) is 0. The highest BCUT2D eigenvalue weighted by Gasteiger charge is 2.43. The Bertz CT molecular complexity index is 419. The third-order valence-electron chi connectivity index (χ3n) is 3.59. The fourth-order valence-electron chi connectivity index (χ4n) is 2.59. The topological polar surface area (TPSA) is 63.4 Å². The lowest BCUT2D eigenvalue weighted by atomic mass is 9.63. The molecule has 1 aliphatic carbocycles. The molecule has 1 aliphatic rings. The summed E-state index contributed by atoms with van der Waals surface area (Å²) in [4.78, 5) is 10.7. The molecule has 0 heterocycles. The number of nitro benzene ring substituents is 1. The summed E-state index contributed by atoms with van der Waals surface area (Å²) in [5, 5.41) is 20.5. The Balaban J connectivity index is 2.57. The molecule has 0 saturated heterocycles. The first-order valence-corrected chi connectivity index (χ1v) is 5.46. The van der Waals surface area contributed by atoms with Gasteiger partial charge in [-0.15, -0.1) is 0 Å². The van der Waals surface area contributed by atoms with E-state index in [1.54, 1.807) is 6.07 Å². The van der Waals surface area contributed by atoms with Crippen LogP contribution in [0.5, 0.6) is 0 Å². The molecule has 0 spiro atoms.